The van der Waals surface area contributed by atoms with E-state index < -0.39 is 16.4 Å². The van der Waals surface area contributed by atoms with Crippen molar-refractivity contribution in [2.45, 2.75) is 25.7 Å². The van der Waals surface area contributed by atoms with Crippen molar-refractivity contribution < 1.29 is 14.4 Å². The number of aliphatic imine (C=N–C) groups is 1. The predicted molar refractivity (Wildman–Crippen MR) is 99.9 cm³/mol. The molecule has 1 aliphatic rings. The number of phenolic OH excluding ortho intramolecular Hbond substituents is 1. The van der Waals surface area contributed by atoms with Gasteiger partial charge in [0.2, 0.25) is 5.75 Å². The number of fused-ring (bicyclic) bond motifs is 3. The second kappa shape index (κ2) is 6.46. The SMILES string of the molecule is O=[N+]([O-])c1cc2oc3c(c2c(C=Nc2cccc(Cl)c2)c1O)CCCC3. The molecule has 132 valence electrons. The number of aryl methyl sites for hydroxylation is 2. The number of phenols is 1. The van der Waals surface area contributed by atoms with Gasteiger partial charge in [-0.05, 0) is 37.5 Å². The van der Waals surface area contributed by atoms with Crippen molar-refractivity contribution >= 4 is 40.2 Å². The second-order valence-corrected chi connectivity index (χ2v) is 6.67. The van der Waals surface area contributed by atoms with E-state index in [1.807, 2.05) is 0 Å². The molecule has 4 rings (SSSR count). The number of halogens is 1. The largest absolute Gasteiger partial charge is 0.502 e. The minimum absolute atomic E-state index is 0.307. The molecule has 0 spiro atoms. The van der Waals surface area contributed by atoms with Crippen LogP contribution in [0.15, 0.2) is 39.7 Å². The van der Waals surface area contributed by atoms with Gasteiger partial charge in [0.1, 0.15) is 11.3 Å². The minimum atomic E-state index is -0.618. The molecule has 0 bridgehead atoms. The maximum Gasteiger partial charge on any atom is 0.315 e. The lowest BCUT2D eigenvalue weighted by Gasteiger charge is -2.10. The molecular weight excluding hydrogens is 356 g/mol. The summed E-state index contributed by atoms with van der Waals surface area (Å²) in [6.07, 6.45) is 5.10. The Balaban J connectivity index is 1.94. The smallest absolute Gasteiger partial charge is 0.315 e. The van der Waals surface area contributed by atoms with Gasteiger partial charge < -0.3 is 9.52 Å². The Labute approximate surface area is 153 Å². The summed E-state index contributed by atoms with van der Waals surface area (Å²) in [5.41, 5.74) is 1.92. The average Bonchev–Trinajstić information content (AvgIpc) is 2.99. The molecule has 0 saturated carbocycles. The lowest BCUT2D eigenvalue weighted by molar-refractivity contribution is -0.385. The molecule has 6 nitrogen and oxygen atoms in total. The van der Waals surface area contributed by atoms with E-state index in [1.165, 1.54) is 12.3 Å². The quantitative estimate of drug-likeness (QED) is 0.383. The van der Waals surface area contributed by atoms with E-state index in [1.54, 1.807) is 24.3 Å². The van der Waals surface area contributed by atoms with Gasteiger partial charge in [-0.15, -0.1) is 0 Å². The monoisotopic (exact) mass is 370 g/mol. The molecule has 0 aliphatic heterocycles. The van der Waals surface area contributed by atoms with Crippen molar-refractivity contribution in [3.05, 3.63) is 62.4 Å². The highest BCUT2D eigenvalue weighted by Gasteiger charge is 2.27. The molecule has 0 radical (unpaired) electrons. The van der Waals surface area contributed by atoms with Crippen LogP contribution in [0.1, 0.15) is 29.7 Å². The van der Waals surface area contributed by atoms with Gasteiger partial charge >= 0.3 is 5.69 Å². The first-order chi connectivity index (χ1) is 12.5. The highest BCUT2D eigenvalue weighted by Crippen LogP contribution is 2.41. The van der Waals surface area contributed by atoms with Crippen molar-refractivity contribution in [3.8, 4) is 5.75 Å². The predicted octanol–water partition coefficient (Wildman–Crippen LogP) is 5.33. The van der Waals surface area contributed by atoms with Gasteiger partial charge in [-0.25, -0.2) is 0 Å². The number of aromatic hydroxyl groups is 1. The number of nitro groups is 1. The maximum atomic E-state index is 11.3. The summed E-state index contributed by atoms with van der Waals surface area (Å²) in [6.45, 7) is 0. The van der Waals surface area contributed by atoms with Gasteiger partial charge in [0.05, 0.1) is 22.2 Å². The number of nitrogens with zero attached hydrogens (tertiary/aromatic N) is 2. The Morgan fingerprint density at radius 2 is 2.08 bits per heavy atom. The molecule has 1 aliphatic carbocycles. The van der Waals surface area contributed by atoms with Crippen LogP contribution in [-0.4, -0.2) is 16.2 Å². The molecule has 3 aromatic rings. The van der Waals surface area contributed by atoms with E-state index in [9.17, 15) is 15.2 Å². The van der Waals surface area contributed by atoms with Crippen LogP contribution in [0.5, 0.6) is 5.75 Å². The molecule has 0 atom stereocenters. The molecule has 0 amide bonds. The van der Waals surface area contributed by atoms with Gasteiger partial charge in [-0.3, -0.25) is 15.1 Å². The molecule has 1 aromatic heterocycles. The number of hydrogen-bond donors (Lipinski definition) is 1. The van der Waals surface area contributed by atoms with E-state index in [0.29, 0.717) is 27.2 Å². The molecule has 0 fully saturated rings. The van der Waals surface area contributed by atoms with Crippen LogP contribution in [-0.2, 0) is 12.8 Å². The van der Waals surface area contributed by atoms with E-state index in [2.05, 4.69) is 4.99 Å². The lowest BCUT2D eigenvalue weighted by atomic mass is 9.93. The summed E-state index contributed by atoms with van der Waals surface area (Å²) in [5, 5.41) is 23.1. The van der Waals surface area contributed by atoms with Crippen molar-refractivity contribution in [2.24, 2.45) is 4.99 Å². The first kappa shape index (κ1) is 16.6. The van der Waals surface area contributed by atoms with Crippen molar-refractivity contribution in [1.82, 2.24) is 0 Å². The van der Waals surface area contributed by atoms with E-state index >= 15 is 0 Å². The zero-order valence-electron chi connectivity index (χ0n) is 13.7. The summed E-state index contributed by atoms with van der Waals surface area (Å²) in [7, 11) is 0. The van der Waals surface area contributed by atoms with Crippen LogP contribution < -0.4 is 0 Å². The Morgan fingerprint density at radius 3 is 2.85 bits per heavy atom. The number of benzene rings is 2. The van der Waals surface area contributed by atoms with Crippen LogP contribution in [0, 0.1) is 10.1 Å². The zero-order valence-corrected chi connectivity index (χ0v) is 14.5. The molecule has 1 N–H and O–H groups in total. The average molecular weight is 371 g/mol. The van der Waals surface area contributed by atoms with Gasteiger partial charge in [-0.2, -0.15) is 0 Å². The third kappa shape index (κ3) is 2.82. The first-order valence-electron chi connectivity index (χ1n) is 8.29. The van der Waals surface area contributed by atoms with Crippen LogP contribution in [0.3, 0.4) is 0 Å². The first-order valence-corrected chi connectivity index (χ1v) is 8.66. The number of nitro benzene ring substituents is 1. The fourth-order valence-electron chi connectivity index (χ4n) is 3.39. The van der Waals surface area contributed by atoms with Gasteiger partial charge in [0.25, 0.3) is 0 Å². The van der Waals surface area contributed by atoms with E-state index in [4.69, 9.17) is 16.0 Å². The molecule has 2 aromatic carbocycles. The molecule has 0 saturated heterocycles. The third-order valence-electron chi connectivity index (χ3n) is 4.58. The standard InChI is InChI=1S/C19H15ClN2O4/c20-11-4-3-5-12(8-11)21-10-14-18-13-6-1-2-7-16(13)26-17(18)9-15(19(14)23)22(24)25/h3-5,8-10,23H,1-2,6-7H2. The van der Waals surface area contributed by atoms with Crippen molar-refractivity contribution in [1.29, 1.82) is 0 Å². The summed E-state index contributed by atoms with van der Waals surface area (Å²) < 4.78 is 5.85. The molecular formula is C19H15ClN2O4. The van der Waals surface area contributed by atoms with Gasteiger partial charge in [0, 0.05) is 28.6 Å². The molecule has 0 unspecified atom stereocenters. The van der Waals surface area contributed by atoms with Crippen LogP contribution in [0.2, 0.25) is 5.02 Å². The number of furan rings is 1. The summed E-state index contributed by atoms with van der Waals surface area (Å²) >= 11 is 5.97. The number of hydrogen-bond acceptors (Lipinski definition) is 5. The van der Waals surface area contributed by atoms with Gasteiger partial charge in [-0.1, -0.05) is 17.7 Å². The molecule has 1 heterocycles. The Kier molecular flexibility index (Phi) is 4.12. The van der Waals surface area contributed by atoms with Crippen LogP contribution in [0.25, 0.3) is 11.0 Å². The Morgan fingerprint density at radius 1 is 1.27 bits per heavy atom. The van der Waals surface area contributed by atoms with Crippen molar-refractivity contribution in [3.63, 3.8) is 0 Å². The van der Waals surface area contributed by atoms with E-state index in [0.717, 1.165) is 37.0 Å². The summed E-state index contributed by atoms with van der Waals surface area (Å²) in [4.78, 5) is 15.0. The van der Waals surface area contributed by atoms with Crippen LogP contribution in [0.4, 0.5) is 11.4 Å². The highest BCUT2D eigenvalue weighted by atomic mass is 35.5. The fraction of sp³-hybridized carbons (Fsp3) is 0.211. The van der Waals surface area contributed by atoms with E-state index in [-0.39, 0.29) is 0 Å². The number of rotatable bonds is 3. The molecule has 26 heavy (non-hydrogen) atoms. The minimum Gasteiger partial charge on any atom is -0.502 e. The maximum absolute atomic E-state index is 11.3. The third-order valence-corrected chi connectivity index (χ3v) is 4.82. The fourth-order valence-corrected chi connectivity index (χ4v) is 3.58. The summed E-state index contributed by atoms with van der Waals surface area (Å²) in [6, 6.07) is 8.22. The second-order valence-electron chi connectivity index (χ2n) is 6.24. The lowest BCUT2D eigenvalue weighted by Crippen LogP contribution is -2.00. The Hall–Kier alpha value is -2.86. The van der Waals surface area contributed by atoms with Crippen LogP contribution >= 0.6 is 11.6 Å². The van der Waals surface area contributed by atoms with Crippen molar-refractivity contribution in [2.75, 3.05) is 0 Å². The topological polar surface area (TPSA) is 88.9 Å². The van der Waals surface area contributed by atoms with Gasteiger partial charge in [0.15, 0.2) is 0 Å². The molecule has 7 heteroatoms. The normalized spacial score (nSPS) is 14.0. The summed E-state index contributed by atoms with van der Waals surface area (Å²) in [5.74, 6) is 0.436. The Bertz CT molecular complexity index is 1060. The highest BCUT2D eigenvalue weighted by molar-refractivity contribution is 6.30. The zero-order chi connectivity index (χ0) is 18.3.